The van der Waals surface area contributed by atoms with E-state index in [9.17, 15) is 4.79 Å². The number of thiazole rings is 1. The van der Waals surface area contributed by atoms with E-state index in [-0.39, 0.29) is 5.91 Å². The Morgan fingerprint density at radius 3 is 3.05 bits per heavy atom. The Bertz CT molecular complexity index is 542. The average Bonchev–Trinajstić information content (AvgIpc) is 2.98. The first kappa shape index (κ1) is 14.5. The molecule has 6 heteroatoms. The molecule has 0 aliphatic rings. The van der Waals surface area contributed by atoms with E-state index in [0.29, 0.717) is 12.1 Å². The molecule has 0 unspecified atom stereocenters. The number of rotatable bonds is 7. The van der Waals surface area contributed by atoms with Gasteiger partial charge < -0.3 is 10.6 Å². The normalized spacial score (nSPS) is 10.2. The van der Waals surface area contributed by atoms with Gasteiger partial charge in [-0.05, 0) is 12.5 Å². The van der Waals surface area contributed by atoms with Crippen LogP contribution < -0.4 is 10.6 Å². The van der Waals surface area contributed by atoms with Crippen LogP contribution in [0.4, 0.5) is 5.69 Å². The van der Waals surface area contributed by atoms with E-state index in [0.717, 1.165) is 30.8 Å². The van der Waals surface area contributed by atoms with Crippen LogP contribution in [0.3, 0.4) is 0 Å². The van der Waals surface area contributed by atoms with Crippen molar-refractivity contribution < 1.29 is 4.79 Å². The number of hydrogen-bond acceptors (Lipinski definition) is 5. The highest BCUT2D eigenvalue weighted by molar-refractivity contribution is 7.07. The maximum absolute atomic E-state index is 12.2. The lowest BCUT2D eigenvalue weighted by Gasteiger charge is -2.10. The van der Waals surface area contributed by atoms with E-state index in [4.69, 9.17) is 0 Å². The van der Waals surface area contributed by atoms with Gasteiger partial charge in [0, 0.05) is 31.1 Å². The van der Waals surface area contributed by atoms with Crippen LogP contribution in [0, 0.1) is 0 Å². The van der Waals surface area contributed by atoms with Crippen molar-refractivity contribution in [1.82, 2.24) is 15.3 Å². The van der Waals surface area contributed by atoms with Crippen LogP contribution in [-0.2, 0) is 6.42 Å². The van der Waals surface area contributed by atoms with E-state index < -0.39 is 0 Å². The summed E-state index contributed by atoms with van der Waals surface area (Å²) in [4.78, 5) is 20.4. The van der Waals surface area contributed by atoms with E-state index in [1.165, 1.54) is 0 Å². The molecule has 2 aromatic heterocycles. The molecule has 2 rings (SSSR count). The molecule has 5 nitrogen and oxygen atoms in total. The third-order valence-electron chi connectivity index (χ3n) is 2.78. The molecule has 0 spiro atoms. The predicted octanol–water partition coefficient (Wildman–Crippen LogP) is 2.33. The minimum Gasteiger partial charge on any atom is -0.383 e. The molecule has 0 radical (unpaired) electrons. The lowest BCUT2D eigenvalue weighted by Crippen LogP contribution is -2.26. The van der Waals surface area contributed by atoms with Crippen LogP contribution in [0.1, 0.15) is 29.4 Å². The number of aromatic nitrogens is 2. The number of anilines is 1. The van der Waals surface area contributed by atoms with Gasteiger partial charge in [-0.2, -0.15) is 0 Å². The topological polar surface area (TPSA) is 66.9 Å². The summed E-state index contributed by atoms with van der Waals surface area (Å²) in [5, 5.41) is 8.12. The minimum absolute atomic E-state index is 0.0822. The SMILES string of the molecule is CCCNc1cnccc1C(=O)NCCc1cscn1. The van der Waals surface area contributed by atoms with Crippen LogP contribution in [0.25, 0.3) is 0 Å². The summed E-state index contributed by atoms with van der Waals surface area (Å²) in [5.41, 5.74) is 4.22. The molecule has 0 saturated heterocycles. The molecular formula is C14H18N4OS. The molecule has 2 heterocycles. The first-order valence-corrected chi connectivity index (χ1v) is 7.58. The Hall–Kier alpha value is -1.95. The first-order valence-electron chi connectivity index (χ1n) is 6.64. The van der Waals surface area contributed by atoms with Crippen molar-refractivity contribution in [3.05, 3.63) is 40.6 Å². The van der Waals surface area contributed by atoms with Gasteiger partial charge in [0.1, 0.15) is 0 Å². The van der Waals surface area contributed by atoms with E-state index in [2.05, 4.69) is 27.5 Å². The lowest BCUT2D eigenvalue weighted by molar-refractivity contribution is 0.0955. The van der Waals surface area contributed by atoms with Crippen molar-refractivity contribution in [2.45, 2.75) is 19.8 Å². The summed E-state index contributed by atoms with van der Waals surface area (Å²) in [6.45, 7) is 3.49. The third kappa shape index (κ3) is 4.03. The molecule has 0 aromatic carbocycles. The molecule has 0 aliphatic carbocycles. The summed E-state index contributed by atoms with van der Waals surface area (Å²) in [7, 11) is 0. The predicted molar refractivity (Wildman–Crippen MR) is 81.2 cm³/mol. The quantitative estimate of drug-likeness (QED) is 0.821. The fourth-order valence-electron chi connectivity index (χ4n) is 1.75. The molecule has 20 heavy (non-hydrogen) atoms. The van der Waals surface area contributed by atoms with Crippen LogP contribution in [0.2, 0.25) is 0 Å². The number of pyridine rings is 1. The van der Waals surface area contributed by atoms with E-state index >= 15 is 0 Å². The summed E-state index contributed by atoms with van der Waals surface area (Å²) in [6.07, 6.45) is 5.06. The number of carbonyl (C=O) groups excluding carboxylic acids is 1. The fraction of sp³-hybridized carbons (Fsp3) is 0.357. The van der Waals surface area contributed by atoms with Gasteiger partial charge in [-0.1, -0.05) is 6.92 Å². The molecule has 0 saturated carbocycles. The van der Waals surface area contributed by atoms with Crippen molar-refractivity contribution in [3.8, 4) is 0 Å². The standard InChI is InChI=1S/C14H18N4OS/c1-2-5-16-13-8-15-6-4-12(13)14(19)17-7-3-11-9-20-10-18-11/h4,6,8-10,16H,2-3,5,7H2,1H3,(H,17,19). The molecule has 0 fully saturated rings. The van der Waals surface area contributed by atoms with Crippen LogP contribution in [-0.4, -0.2) is 29.0 Å². The Labute approximate surface area is 122 Å². The number of nitrogens with zero attached hydrogens (tertiary/aromatic N) is 2. The molecular weight excluding hydrogens is 272 g/mol. The van der Waals surface area contributed by atoms with Crippen molar-refractivity contribution in [2.24, 2.45) is 0 Å². The van der Waals surface area contributed by atoms with Crippen LogP contribution in [0.5, 0.6) is 0 Å². The van der Waals surface area contributed by atoms with Gasteiger partial charge in [0.2, 0.25) is 0 Å². The highest BCUT2D eigenvalue weighted by Gasteiger charge is 2.10. The maximum Gasteiger partial charge on any atom is 0.253 e. The summed E-state index contributed by atoms with van der Waals surface area (Å²) >= 11 is 1.56. The fourth-order valence-corrected chi connectivity index (χ4v) is 2.35. The Balaban J connectivity index is 1.91. The summed E-state index contributed by atoms with van der Waals surface area (Å²) in [6, 6.07) is 1.73. The van der Waals surface area contributed by atoms with Crippen molar-refractivity contribution in [2.75, 3.05) is 18.4 Å². The van der Waals surface area contributed by atoms with Gasteiger partial charge in [0.15, 0.2) is 0 Å². The monoisotopic (exact) mass is 290 g/mol. The molecule has 106 valence electrons. The second kappa shape index (κ2) is 7.59. The van der Waals surface area contributed by atoms with Gasteiger partial charge in [-0.15, -0.1) is 11.3 Å². The lowest BCUT2D eigenvalue weighted by atomic mass is 10.2. The Morgan fingerprint density at radius 1 is 1.40 bits per heavy atom. The maximum atomic E-state index is 12.2. The first-order chi connectivity index (χ1) is 9.81. The van der Waals surface area contributed by atoms with E-state index in [1.54, 1.807) is 35.3 Å². The highest BCUT2D eigenvalue weighted by Crippen LogP contribution is 2.13. The van der Waals surface area contributed by atoms with Gasteiger partial charge in [0.25, 0.3) is 5.91 Å². The zero-order valence-corrected chi connectivity index (χ0v) is 12.2. The molecule has 0 atom stereocenters. The number of hydrogen-bond donors (Lipinski definition) is 2. The average molecular weight is 290 g/mol. The van der Waals surface area contributed by atoms with Crippen molar-refractivity contribution in [3.63, 3.8) is 0 Å². The second-order valence-electron chi connectivity index (χ2n) is 4.33. The van der Waals surface area contributed by atoms with Crippen molar-refractivity contribution >= 4 is 22.9 Å². The zero-order chi connectivity index (χ0) is 14.2. The van der Waals surface area contributed by atoms with Crippen molar-refractivity contribution in [1.29, 1.82) is 0 Å². The number of amides is 1. The smallest absolute Gasteiger partial charge is 0.253 e. The number of carbonyl (C=O) groups is 1. The second-order valence-corrected chi connectivity index (χ2v) is 5.05. The third-order valence-corrected chi connectivity index (χ3v) is 3.42. The van der Waals surface area contributed by atoms with Gasteiger partial charge >= 0.3 is 0 Å². The molecule has 2 N–H and O–H groups in total. The van der Waals surface area contributed by atoms with Crippen LogP contribution in [0.15, 0.2) is 29.4 Å². The van der Waals surface area contributed by atoms with E-state index in [1.807, 2.05) is 5.38 Å². The molecule has 0 bridgehead atoms. The molecule has 0 aliphatic heterocycles. The van der Waals surface area contributed by atoms with Gasteiger partial charge in [-0.25, -0.2) is 4.98 Å². The Morgan fingerprint density at radius 2 is 2.30 bits per heavy atom. The largest absolute Gasteiger partial charge is 0.383 e. The van der Waals surface area contributed by atoms with Gasteiger partial charge in [0.05, 0.1) is 28.7 Å². The summed E-state index contributed by atoms with van der Waals surface area (Å²) in [5.74, 6) is -0.0822. The summed E-state index contributed by atoms with van der Waals surface area (Å²) < 4.78 is 0. The Kier molecular flexibility index (Phi) is 5.49. The minimum atomic E-state index is -0.0822. The zero-order valence-electron chi connectivity index (χ0n) is 11.4. The molecule has 1 amide bonds. The highest BCUT2D eigenvalue weighted by atomic mass is 32.1. The number of nitrogens with one attached hydrogen (secondary N) is 2. The van der Waals surface area contributed by atoms with Gasteiger partial charge in [-0.3, -0.25) is 9.78 Å². The van der Waals surface area contributed by atoms with Crippen LogP contribution >= 0.6 is 11.3 Å². The molecule has 2 aromatic rings.